The van der Waals surface area contributed by atoms with E-state index in [4.69, 9.17) is 62.3 Å². The number of rotatable bonds is 17. The van der Waals surface area contributed by atoms with Gasteiger partial charge in [-0.1, -0.05) is 89.8 Å². The minimum Gasteiger partial charge on any atom is -0.463 e. The zero-order chi connectivity index (χ0) is 51.2. The van der Waals surface area contributed by atoms with Crippen molar-refractivity contribution in [2.75, 3.05) is 13.2 Å². The van der Waals surface area contributed by atoms with E-state index >= 15 is 0 Å². The van der Waals surface area contributed by atoms with Gasteiger partial charge >= 0.3 is 41.8 Å². The molecular weight excluding hydrogens is 1000 g/mol. The SMILES string of the molecule is CC(=O)OC[C@H]1O[C@@H](O[C@H]2[C@H](OC(C)=O)[C@@H](OC(C)=O)[C@H](/N=c3\sc(=Nc4ccccc4)nc(SCc4ccccc4)n3-c3ccccc3)O[C@@H]2COC(C)=O)[C@H](OC(C)=O)[C@@H](OC(C)=O)[C@H]1OC(C)=O.Cl. The number of hydrogen-bond acceptors (Lipinski definition) is 22. The average Bonchev–Trinajstić information content (AvgIpc) is 3.31. The van der Waals surface area contributed by atoms with Crippen LogP contribution in [-0.4, -0.2) is 126 Å². The number of aromatic nitrogens is 2. The number of carbonyl (C=O) groups is 7. The van der Waals surface area contributed by atoms with Gasteiger partial charge in [-0.3, -0.25) is 38.1 Å². The molecule has 3 aromatic carbocycles. The highest BCUT2D eigenvalue weighted by atomic mass is 35.5. The molecule has 10 atom stereocenters. The molecule has 0 bridgehead atoms. The molecule has 21 nitrogen and oxygen atoms in total. The van der Waals surface area contributed by atoms with Crippen LogP contribution in [0.15, 0.2) is 106 Å². The third-order valence-corrected chi connectivity index (χ3v) is 11.9. The lowest BCUT2D eigenvalue weighted by atomic mass is 9.95. The lowest BCUT2D eigenvalue weighted by Gasteiger charge is -2.48. The molecule has 2 aliphatic rings. The number of nitrogens with zero attached hydrogens (tertiary/aromatic N) is 4. The van der Waals surface area contributed by atoms with Crippen molar-refractivity contribution >= 4 is 83.0 Å². The third-order valence-electron chi connectivity index (χ3n) is 10.1. The summed E-state index contributed by atoms with van der Waals surface area (Å²) in [5.41, 5.74) is 2.20. The lowest BCUT2D eigenvalue weighted by Crippen LogP contribution is -2.67. The van der Waals surface area contributed by atoms with Crippen LogP contribution < -0.4 is 9.60 Å². The molecule has 0 saturated carbocycles. The summed E-state index contributed by atoms with van der Waals surface area (Å²) in [5, 5.41) is 0.449. The molecule has 0 spiro atoms. The van der Waals surface area contributed by atoms with Gasteiger partial charge in [0.05, 0.1) is 11.4 Å². The molecule has 2 aliphatic heterocycles. The van der Waals surface area contributed by atoms with Gasteiger partial charge in [-0.25, -0.2) is 9.98 Å². The number of para-hydroxylation sites is 2. The molecule has 0 amide bonds. The van der Waals surface area contributed by atoms with Gasteiger partial charge in [-0.05, 0) is 29.8 Å². The smallest absolute Gasteiger partial charge is 0.303 e. The van der Waals surface area contributed by atoms with Gasteiger partial charge in [-0.2, -0.15) is 4.98 Å². The summed E-state index contributed by atoms with van der Waals surface area (Å²) in [6.07, 6.45) is -16.3. The first kappa shape index (κ1) is 56.4. The Balaban J connectivity index is 0.00000963. The largest absolute Gasteiger partial charge is 0.463 e. The number of halogens is 1. The maximum atomic E-state index is 13.2. The van der Waals surface area contributed by atoms with Crippen molar-refractivity contribution in [3.05, 3.63) is 106 Å². The summed E-state index contributed by atoms with van der Waals surface area (Å²) in [6.45, 7) is 6.39. The van der Waals surface area contributed by atoms with Crippen LogP contribution in [0.1, 0.15) is 54.0 Å². The summed E-state index contributed by atoms with van der Waals surface area (Å²) in [7, 11) is 0. The molecule has 24 heteroatoms. The lowest BCUT2D eigenvalue weighted by molar-refractivity contribution is -0.344. The first-order valence-electron chi connectivity index (χ1n) is 22.0. The summed E-state index contributed by atoms with van der Waals surface area (Å²) in [5.74, 6) is -5.52. The van der Waals surface area contributed by atoms with E-state index in [9.17, 15) is 33.6 Å². The first-order valence-corrected chi connectivity index (χ1v) is 23.8. The summed E-state index contributed by atoms with van der Waals surface area (Å²) >= 11 is 2.45. The molecule has 386 valence electrons. The second kappa shape index (κ2) is 26.8. The molecule has 0 aliphatic carbocycles. The van der Waals surface area contributed by atoms with E-state index < -0.39 is 116 Å². The standard InChI is InChI=1S/C48H52N4O17S2.ClH/c1-26(53)60-23-36-39(69-45-43(66-32(7)59)41(64-30(5)57)38(62-28(3)55)37(68-45)24-61-27(2)54)40(63-29(4)56)42(65-31(6)58)44(67-36)50-48-52(35-21-15-10-16-22-35)47(70-25-33-17-11-8-12-18-33)51-46(71-48)49-34-19-13-9-14-20-34;/h8-22,36-45H,23-25H2,1-7H3;1H/b49-46?,50-48-;/t36-,37-,38+,39-,40+,41+,42-,43-,44-,45+;/m1./s1. The molecule has 6 rings (SSSR count). The van der Waals surface area contributed by atoms with Crippen molar-refractivity contribution in [3.63, 3.8) is 0 Å². The van der Waals surface area contributed by atoms with Crippen LogP contribution in [-0.2, 0) is 86.7 Å². The molecule has 0 radical (unpaired) electrons. The Morgan fingerprint density at radius 2 is 1.06 bits per heavy atom. The van der Waals surface area contributed by atoms with Crippen molar-refractivity contribution in [3.8, 4) is 5.69 Å². The van der Waals surface area contributed by atoms with E-state index in [1.54, 1.807) is 16.7 Å². The summed E-state index contributed by atoms with van der Waals surface area (Å²) < 4.78 is 60.5. The first-order chi connectivity index (χ1) is 33.9. The fraction of sp³-hybridized carbons (Fsp3) is 0.417. The fourth-order valence-corrected chi connectivity index (χ4v) is 9.39. The van der Waals surface area contributed by atoms with Crippen molar-refractivity contribution in [2.24, 2.45) is 9.98 Å². The van der Waals surface area contributed by atoms with Crippen molar-refractivity contribution in [1.82, 2.24) is 9.55 Å². The zero-order valence-electron chi connectivity index (χ0n) is 40.0. The molecule has 0 unspecified atom stereocenters. The monoisotopic (exact) mass is 1060 g/mol. The van der Waals surface area contributed by atoms with Gasteiger partial charge in [-0.15, -0.1) is 12.4 Å². The zero-order valence-corrected chi connectivity index (χ0v) is 42.5. The predicted molar refractivity (Wildman–Crippen MR) is 255 cm³/mol. The highest BCUT2D eigenvalue weighted by Gasteiger charge is 2.57. The van der Waals surface area contributed by atoms with Crippen LogP contribution >= 0.6 is 35.5 Å². The van der Waals surface area contributed by atoms with E-state index in [1.807, 2.05) is 78.9 Å². The van der Waals surface area contributed by atoms with Crippen LogP contribution in [0.3, 0.4) is 0 Å². The van der Waals surface area contributed by atoms with E-state index in [1.165, 1.54) is 11.8 Å². The van der Waals surface area contributed by atoms with Crippen LogP contribution in [0.5, 0.6) is 0 Å². The second-order valence-corrected chi connectivity index (χ2v) is 17.6. The fourth-order valence-electron chi connectivity index (χ4n) is 7.43. The molecule has 3 heterocycles. The van der Waals surface area contributed by atoms with E-state index in [2.05, 4.69) is 0 Å². The molecule has 2 fully saturated rings. The van der Waals surface area contributed by atoms with Gasteiger partial charge in [0.1, 0.15) is 31.5 Å². The molecule has 1 aromatic heterocycles. The van der Waals surface area contributed by atoms with E-state index in [-0.39, 0.29) is 22.0 Å². The van der Waals surface area contributed by atoms with Crippen LogP contribution in [0, 0.1) is 0 Å². The Morgan fingerprint density at radius 1 is 0.583 bits per heavy atom. The Hall–Kier alpha value is -6.50. The van der Waals surface area contributed by atoms with Gasteiger partial charge in [0.25, 0.3) is 0 Å². The number of thioether (sulfide) groups is 1. The molecule has 4 aromatic rings. The molecule has 72 heavy (non-hydrogen) atoms. The number of ether oxygens (including phenoxy) is 10. The Morgan fingerprint density at radius 3 is 1.60 bits per heavy atom. The number of hydrogen-bond donors (Lipinski definition) is 0. The quantitative estimate of drug-likeness (QED) is 0.0807. The maximum absolute atomic E-state index is 13.2. The van der Waals surface area contributed by atoms with E-state index in [0.29, 0.717) is 22.3 Å². The number of esters is 7. The molecular formula is C48H53ClN4O17S2. The van der Waals surface area contributed by atoms with Gasteiger partial charge in [0.2, 0.25) is 4.80 Å². The predicted octanol–water partition coefficient (Wildman–Crippen LogP) is 4.40. The third kappa shape index (κ3) is 16.0. The normalized spacial score (nSPS) is 24.1. The Labute approximate surface area is 427 Å². The molecule has 0 N–H and O–H groups in total. The van der Waals surface area contributed by atoms with Gasteiger partial charge < -0.3 is 47.4 Å². The highest BCUT2D eigenvalue weighted by Crippen LogP contribution is 2.36. The van der Waals surface area contributed by atoms with Crippen molar-refractivity contribution in [2.45, 2.75) is 121 Å². The minimum absolute atomic E-state index is 0. The number of benzene rings is 3. The van der Waals surface area contributed by atoms with E-state index in [0.717, 1.165) is 65.4 Å². The highest BCUT2D eigenvalue weighted by molar-refractivity contribution is 7.98. The topological polar surface area (TPSA) is 254 Å². The minimum atomic E-state index is -1.86. The van der Waals surface area contributed by atoms with Crippen molar-refractivity contribution in [1.29, 1.82) is 0 Å². The van der Waals surface area contributed by atoms with Crippen LogP contribution in [0.4, 0.5) is 5.69 Å². The van der Waals surface area contributed by atoms with Crippen LogP contribution in [0.2, 0.25) is 0 Å². The maximum Gasteiger partial charge on any atom is 0.303 e. The van der Waals surface area contributed by atoms with Crippen LogP contribution in [0.25, 0.3) is 5.69 Å². The second-order valence-electron chi connectivity index (χ2n) is 15.8. The Bertz CT molecular complexity index is 2680. The van der Waals surface area contributed by atoms with Gasteiger partial charge in [0, 0.05) is 54.2 Å². The molecule has 2 saturated heterocycles. The van der Waals surface area contributed by atoms with Crippen molar-refractivity contribution < 1.29 is 80.9 Å². The average molecular weight is 1060 g/mol. The van der Waals surface area contributed by atoms with Gasteiger partial charge in [0.15, 0.2) is 53.0 Å². The number of carbonyl (C=O) groups excluding carboxylic acids is 7. The summed E-state index contributed by atoms with van der Waals surface area (Å²) in [4.78, 5) is 104. The Kier molecular flexibility index (Phi) is 21.0. The summed E-state index contributed by atoms with van der Waals surface area (Å²) in [6, 6.07) is 28.0.